The lowest BCUT2D eigenvalue weighted by atomic mass is 9.84. The molecule has 1 amide bonds. The minimum atomic E-state index is -5.43. The number of amides is 1. The molecule has 2 aliphatic rings. The highest BCUT2D eigenvalue weighted by Gasteiger charge is 2.45. The van der Waals surface area contributed by atoms with E-state index in [0.717, 1.165) is 36.8 Å². The van der Waals surface area contributed by atoms with Crippen LogP contribution < -0.4 is 9.64 Å². The Bertz CT molecular complexity index is 2050. The highest BCUT2D eigenvalue weighted by molar-refractivity contribution is 7.89. The standard InChI is InChI=1S/C38H34ClF5N2O5S/c39-37(47)28-18-17-27(20-30(28)51-22-24-8-3-1-4-9-24)45(21-23-13-15-26(16-14-23)25-10-5-2-6-11-25)38(48)29-12-7-19-46(29)52(49,50)36-34(43)32(41)31(40)33(42)35(36)44/h1,3-4,8-9,13-18,20,25,29H,2,5-7,10-12,19,21-22H2/t29-/m1/s1. The second-order valence-electron chi connectivity index (χ2n) is 12.9. The van der Waals surface area contributed by atoms with Gasteiger partial charge in [-0.1, -0.05) is 73.9 Å². The topological polar surface area (TPSA) is 84.0 Å². The zero-order valence-electron chi connectivity index (χ0n) is 27.8. The van der Waals surface area contributed by atoms with E-state index in [2.05, 4.69) is 0 Å². The van der Waals surface area contributed by atoms with Gasteiger partial charge in [0.25, 0.3) is 5.24 Å². The summed E-state index contributed by atoms with van der Waals surface area (Å²) in [6.45, 7) is -0.495. The lowest BCUT2D eigenvalue weighted by Gasteiger charge is -2.31. The Labute approximate surface area is 303 Å². The Kier molecular flexibility index (Phi) is 11.3. The molecular weight excluding hydrogens is 727 g/mol. The molecule has 0 N–H and O–H groups in total. The highest BCUT2D eigenvalue weighted by Crippen LogP contribution is 2.37. The SMILES string of the molecule is O=C(Cl)c1ccc(N(Cc2ccc(C3CCCCC3)cc2)C(=O)[C@H]2CCCN2S(=O)(=O)c2c(F)c(F)c(F)c(F)c2F)cc1OCc1ccccc1. The molecule has 0 unspecified atom stereocenters. The molecule has 1 saturated carbocycles. The maximum atomic E-state index is 14.8. The van der Waals surface area contributed by atoms with Crippen molar-refractivity contribution in [3.63, 3.8) is 0 Å². The van der Waals surface area contributed by atoms with Crippen molar-refractivity contribution in [1.29, 1.82) is 0 Å². The van der Waals surface area contributed by atoms with E-state index in [1.54, 1.807) is 24.3 Å². The Morgan fingerprint density at radius 3 is 2.04 bits per heavy atom. The molecule has 4 aromatic rings. The smallest absolute Gasteiger partial charge is 0.256 e. The lowest BCUT2D eigenvalue weighted by Crippen LogP contribution is -2.48. The van der Waals surface area contributed by atoms with Crippen LogP contribution in [0.3, 0.4) is 0 Å². The number of carbonyl (C=O) groups is 2. The van der Waals surface area contributed by atoms with Crippen molar-refractivity contribution in [1.82, 2.24) is 4.31 Å². The number of sulfonamides is 1. The van der Waals surface area contributed by atoms with E-state index in [0.29, 0.717) is 15.8 Å². The number of carbonyl (C=O) groups excluding carboxylic acids is 2. The van der Waals surface area contributed by atoms with Gasteiger partial charge in [-0.2, -0.15) is 4.31 Å². The van der Waals surface area contributed by atoms with Gasteiger partial charge in [-0.3, -0.25) is 9.59 Å². The minimum Gasteiger partial charge on any atom is -0.488 e. The summed E-state index contributed by atoms with van der Waals surface area (Å²) in [6.07, 6.45) is 5.54. The summed E-state index contributed by atoms with van der Waals surface area (Å²) in [7, 11) is -5.43. The van der Waals surface area contributed by atoms with Crippen molar-refractivity contribution in [3.8, 4) is 5.75 Å². The molecule has 14 heteroatoms. The summed E-state index contributed by atoms with van der Waals surface area (Å²) in [5.74, 6) is -12.8. The first-order chi connectivity index (χ1) is 24.9. The van der Waals surface area contributed by atoms with Crippen molar-refractivity contribution in [2.24, 2.45) is 0 Å². The molecule has 7 nitrogen and oxygen atoms in total. The number of rotatable bonds is 11. The Morgan fingerprint density at radius 2 is 1.40 bits per heavy atom. The van der Waals surface area contributed by atoms with Crippen molar-refractivity contribution in [3.05, 3.63) is 124 Å². The number of ether oxygens (including phenoxy) is 1. The molecule has 0 radical (unpaired) electrons. The van der Waals surface area contributed by atoms with Gasteiger partial charge in [0, 0.05) is 18.3 Å². The van der Waals surface area contributed by atoms with E-state index in [4.69, 9.17) is 16.3 Å². The van der Waals surface area contributed by atoms with Crippen LogP contribution in [0, 0.1) is 29.1 Å². The molecule has 4 aromatic carbocycles. The fourth-order valence-corrected chi connectivity index (χ4v) is 8.81. The first-order valence-electron chi connectivity index (χ1n) is 16.8. The van der Waals surface area contributed by atoms with Gasteiger partial charge in [0.2, 0.25) is 21.7 Å². The van der Waals surface area contributed by atoms with Gasteiger partial charge in [0.1, 0.15) is 18.4 Å². The molecule has 1 atom stereocenters. The van der Waals surface area contributed by atoms with Crippen LogP contribution in [0.15, 0.2) is 77.7 Å². The van der Waals surface area contributed by atoms with Gasteiger partial charge in [0.15, 0.2) is 28.2 Å². The fourth-order valence-electron chi connectivity index (χ4n) is 6.89. The molecule has 1 heterocycles. The number of nitrogens with zero attached hydrogens (tertiary/aromatic N) is 2. The van der Waals surface area contributed by atoms with Gasteiger partial charge in [0.05, 0.1) is 12.1 Å². The van der Waals surface area contributed by atoms with Crippen LogP contribution in [0.4, 0.5) is 27.6 Å². The molecule has 52 heavy (non-hydrogen) atoms. The molecule has 0 aromatic heterocycles. The number of halogens is 6. The summed E-state index contributed by atoms with van der Waals surface area (Å²) in [4.78, 5) is 26.1. The molecule has 274 valence electrons. The molecular formula is C38H34ClF5N2O5S. The maximum absolute atomic E-state index is 14.8. The molecule has 0 spiro atoms. The summed E-state index contributed by atoms with van der Waals surface area (Å²) in [5, 5.41) is -0.832. The van der Waals surface area contributed by atoms with E-state index in [1.165, 1.54) is 29.5 Å². The molecule has 2 fully saturated rings. The summed E-state index contributed by atoms with van der Waals surface area (Å²) in [6, 6.07) is 19.3. The summed E-state index contributed by atoms with van der Waals surface area (Å²) < 4.78 is 106. The molecule has 0 bridgehead atoms. The average molecular weight is 761 g/mol. The van der Waals surface area contributed by atoms with E-state index in [-0.39, 0.29) is 43.0 Å². The molecule has 1 saturated heterocycles. The van der Waals surface area contributed by atoms with Crippen LogP contribution in [-0.2, 0) is 28.0 Å². The Balaban J connectivity index is 1.38. The molecule has 1 aliphatic heterocycles. The third-order valence-corrected chi connectivity index (χ3v) is 11.7. The normalized spacial score (nSPS) is 16.9. The second-order valence-corrected chi connectivity index (χ2v) is 15.1. The molecule has 1 aliphatic carbocycles. The van der Waals surface area contributed by atoms with Crippen LogP contribution >= 0.6 is 11.6 Å². The minimum absolute atomic E-state index is 0.00182. The maximum Gasteiger partial charge on any atom is 0.256 e. The van der Waals surface area contributed by atoms with Crippen molar-refractivity contribution < 1.29 is 44.7 Å². The summed E-state index contributed by atoms with van der Waals surface area (Å²) >= 11 is 5.87. The quantitative estimate of drug-likeness (QED) is 0.0661. The van der Waals surface area contributed by atoms with E-state index in [9.17, 15) is 40.0 Å². The Hall–Kier alpha value is -4.33. The third kappa shape index (κ3) is 7.58. The van der Waals surface area contributed by atoms with Gasteiger partial charge < -0.3 is 9.64 Å². The number of hydrogen-bond donors (Lipinski definition) is 0. The van der Waals surface area contributed by atoms with Crippen LogP contribution in [0.1, 0.15) is 77.9 Å². The van der Waals surface area contributed by atoms with E-state index in [1.807, 2.05) is 30.3 Å². The van der Waals surface area contributed by atoms with Gasteiger partial charge in [-0.05, 0) is 72.0 Å². The lowest BCUT2D eigenvalue weighted by molar-refractivity contribution is -0.121. The molecule has 6 rings (SSSR count). The van der Waals surface area contributed by atoms with E-state index >= 15 is 0 Å². The highest BCUT2D eigenvalue weighted by atomic mass is 35.5. The van der Waals surface area contributed by atoms with E-state index < -0.39 is 67.7 Å². The second kappa shape index (κ2) is 15.7. The van der Waals surface area contributed by atoms with Gasteiger partial charge in [-0.15, -0.1) is 0 Å². The summed E-state index contributed by atoms with van der Waals surface area (Å²) in [5.41, 5.74) is 2.75. The van der Waals surface area contributed by atoms with Crippen LogP contribution in [0.25, 0.3) is 0 Å². The fraction of sp³-hybridized carbons (Fsp3) is 0.316. The largest absolute Gasteiger partial charge is 0.488 e. The monoisotopic (exact) mass is 760 g/mol. The number of benzene rings is 4. The average Bonchev–Trinajstić information content (AvgIpc) is 3.67. The van der Waals surface area contributed by atoms with Crippen LogP contribution in [-0.4, -0.2) is 36.5 Å². The van der Waals surface area contributed by atoms with Crippen molar-refractivity contribution >= 4 is 38.5 Å². The van der Waals surface area contributed by atoms with Crippen LogP contribution in [0.5, 0.6) is 5.75 Å². The van der Waals surface area contributed by atoms with Crippen LogP contribution in [0.2, 0.25) is 0 Å². The first-order valence-corrected chi connectivity index (χ1v) is 18.6. The van der Waals surface area contributed by atoms with Gasteiger partial charge in [-0.25, -0.2) is 30.4 Å². The predicted molar refractivity (Wildman–Crippen MR) is 184 cm³/mol. The number of hydrogen-bond acceptors (Lipinski definition) is 5. The van der Waals surface area contributed by atoms with Crippen molar-refractivity contribution in [2.45, 2.75) is 75.0 Å². The zero-order chi connectivity index (χ0) is 37.2. The third-order valence-electron chi connectivity index (χ3n) is 9.61. The predicted octanol–water partition coefficient (Wildman–Crippen LogP) is 8.77. The zero-order valence-corrected chi connectivity index (χ0v) is 29.3. The van der Waals surface area contributed by atoms with Gasteiger partial charge >= 0.3 is 0 Å². The number of anilines is 1. The first kappa shape index (κ1) is 37.4. The van der Waals surface area contributed by atoms with Crippen molar-refractivity contribution in [2.75, 3.05) is 11.4 Å². The Morgan fingerprint density at radius 1 is 0.769 bits per heavy atom.